The fourth-order valence-corrected chi connectivity index (χ4v) is 3.04. The smallest absolute Gasteiger partial charge is 0.137 e. The molecule has 5 nitrogen and oxygen atoms in total. The van der Waals surface area contributed by atoms with Gasteiger partial charge in [0.15, 0.2) is 0 Å². The van der Waals surface area contributed by atoms with E-state index < -0.39 is 0 Å². The standard InChI is InChI=1S/C14H24N4O/c1-2-13(19)9-17-7-3-4-11(8-17)14-16-15-10-18(14)12-5-6-12/h10-13,19H,2-9H2,1H3. The van der Waals surface area contributed by atoms with Crippen LogP contribution in [-0.2, 0) is 0 Å². The molecular formula is C14H24N4O. The number of piperidine rings is 1. The predicted molar refractivity (Wildman–Crippen MR) is 73.0 cm³/mol. The molecule has 19 heavy (non-hydrogen) atoms. The van der Waals surface area contributed by atoms with Crippen molar-refractivity contribution >= 4 is 0 Å². The second kappa shape index (κ2) is 5.59. The molecule has 1 saturated carbocycles. The molecule has 2 unspecified atom stereocenters. The van der Waals surface area contributed by atoms with E-state index in [4.69, 9.17) is 0 Å². The molecule has 0 radical (unpaired) electrons. The van der Waals surface area contributed by atoms with Crippen LogP contribution in [0.1, 0.15) is 56.8 Å². The Morgan fingerprint density at radius 2 is 2.26 bits per heavy atom. The molecule has 0 bridgehead atoms. The van der Waals surface area contributed by atoms with Gasteiger partial charge in [-0.1, -0.05) is 6.92 Å². The molecule has 106 valence electrons. The van der Waals surface area contributed by atoms with E-state index in [1.165, 1.54) is 25.7 Å². The number of rotatable bonds is 5. The maximum Gasteiger partial charge on any atom is 0.137 e. The fraction of sp³-hybridized carbons (Fsp3) is 0.857. The molecule has 2 atom stereocenters. The van der Waals surface area contributed by atoms with E-state index in [0.29, 0.717) is 12.0 Å². The summed E-state index contributed by atoms with van der Waals surface area (Å²) in [5.41, 5.74) is 0. The summed E-state index contributed by atoms with van der Waals surface area (Å²) in [4.78, 5) is 2.38. The average Bonchev–Trinajstić information content (AvgIpc) is 3.16. The summed E-state index contributed by atoms with van der Waals surface area (Å²) in [5, 5.41) is 18.3. The van der Waals surface area contributed by atoms with Gasteiger partial charge in [0.2, 0.25) is 0 Å². The van der Waals surface area contributed by atoms with Gasteiger partial charge < -0.3 is 14.6 Å². The molecule has 1 aliphatic carbocycles. The first-order valence-corrected chi connectivity index (χ1v) is 7.57. The van der Waals surface area contributed by atoms with Gasteiger partial charge in [-0.2, -0.15) is 0 Å². The molecule has 0 amide bonds. The van der Waals surface area contributed by atoms with Gasteiger partial charge in [0.1, 0.15) is 12.2 Å². The first kappa shape index (κ1) is 13.1. The Balaban J connectivity index is 1.65. The highest BCUT2D eigenvalue weighted by atomic mass is 16.3. The van der Waals surface area contributed by atoms with Crippen LogP contribution in [0.15, 0.2) is 6.33 Å². The van der Waals surface area contributed by atoms with Crippen molar-refractivity contribution in [3.8, 4) is 0 Å². The monoisotopic (exact) mass is 264 g/mol. The molecule has 1 aliphatic heterocycles. The van der Waals surface area contributed by atoms with Gasteiger partial charge in [-0.15, -0.1) is 10.2 Å². The van der Waals surface area contributed by atoms with Gasteiger partial charge in [-0.05, 0) is 38.6 Å². The van der Waals surface area contributed by atoms with Gasteiger partial charge >= 0.3 is 0 Å². The van der Waals surface area contributed by atoms with E-state index in [-0.39, 0.29) is 6.10 Å². The van der Waals surface area contributed by atoms with Crippen molar-refractivity contribution < 1.29 is 5.11 Å². The van der Waals surface area contributed by atoms with Crippen LogP contribution in [0.5, 0.6) is 0 Å². The van der Waals surface area contributed by atoms with Gasteiger partial charge in [0, 0.05) is 25.0 Å². The minimum absolute atomic E-state index is 0.194. The van der Waals surface area contributed by atoms with Crippen molar-refractivity contribution in [2.75, 3.05) is 19.6 Å². The van der Waals surface area contributed by atoms with E-state index in [9.17, 15) is 5.11 Å². The molecule has 0 aromatic carbocycles. The second-order valence-electron chi connectivity index (χ2n) is 5.99. The number of likely N-dealkylation sites (tertiary alicyclic amines) is 1. The normalized spacial score (nSPS) is 26.5. The first-order chi connectivity index (χ1) is 9.28. The highest BCUT2D eigenvalue weighted by molar-refractivity contribution is 5.04. The van der Waals surface area contributed by atoms with E-state index in [0.717, 1.165) is 31.9 Å². The number of aliphatic hydroxyl groups excluding tert-OH is 1. The van der Waals surface area contributed by atoms with Crippen molar-refractivity contribution in [3.05, 3.63) is 12.2 Å². The third-order valence-electron chi connectivity index (χ3n) is 4.35. The van der Waals surface area contributed by atoms with Crippen LogP contribution < -0.4 is 0 Å². The number of aliphatic hydroxyl groups is 1. The Labute approximate surface area is 114 Å². The summed E-state index contributed by atoms with van der Waals surface area (Å²) < 4.78 is 2.28. The zero-order chi connectivity index (χ0) is 13.2. The zero-order valence-electron chi connectivity index (χ0n) is 11.7. The maximum atomic E-state index is 9.80. The molecule has 1 saturated heterocycles. The lowest BCUT2D eigenvalue weighted by Gasteiger charge is -2.33. The Hall–Kier alpha value is -0.940. The molecule has 1 aromatic rings. The lowest BCUT2D eigenvalue weighted by Crippen LogP contribution is -2.39. The summed E-state index contributed by atoms with van der Waals surface area (Å²) in [6.45, 7) is 4.95. The van der Waals surface area contributed by atoms with Crippen LogP contribution >= 0.6 is 0 Å². The Kier molecular flexibility index (Phi) is 3.84. The molecule has 1 N–H and O–H groups in total. The molecule has 3 rings (SSSR count). The van der Waals surface area contributed by atoms with Crippen molar-refractivity contribution in [2.45, 2.75) is 57.1 Å². The quantitative estimate of drug-likeness (QED) is 0.877. The summed E-state index contributed by atoms with van der Waals surface area (Å²) >= 11 is 0. The van der Waals surface area contributed by atoms with Crippen molar-refractivity contribution in [1.29, 1.82) is 0 Å². The largest absolute Gasteiger partial charge is 0.392 e. The summed E-state index contributed by atoms with van der Waals surface area (Å²) in [6, 6.07) is 0.654. The predicted octanol–water partition coefficient (Wildman–Crippen LogP) is 1.56. The van der Waals surface area contributed by atoms with Crippen molar-refractivity contribution in [3.63, 3.8) is 0 Å². The molecule has 1 aromatic heterocycles. The molecular weight excluding hydrogens is 240 g/mol. The van der Waals surface area contributed by atoms with Gasteiger partial charge in [-0.3, -0.25) is 0 Å². The van der Waals surface area contributed by atoms with E-state index in [1.54, 1.807) is 0 Å². The van der Waals surface area contributed by atoms with Crippen LogP contribution in [0.4, 0.5) is 0 Å². The van der Waals surface area contributed by atoms with Crippen molar-refractivity contribution in [1.82, 2.24) is 19.7 Å². The summed E-state index contributed by atoms with van der Waals surface area (Å²) in [5.74, 6) is 1.65. The lowest BCUT2D eigenvalue weighted by atomic mass is 9.96. The minimum Gasteiger partial charge on any atom is -0.392 e. The van der Waals surface area contributed by atoms with Crippen LogP contribution in [0.25, 0.3) is 0 Å². The maximum absolute atomic E-state index is 9.80. The molecule has 2 heterocycles. The third-order valence-corrected chi connectivity index (χ3v) is 4.35. The third kappa shape index (κ3) is 2.98. The minimum atomic E-state index is -0.194. The van der Waals surface area contributed by atoms with Gasteiger partial charge in [0.25, 0.3) is 0 Å². The highest BCUT2D eigenvalue weighted by Crippen LogP contribution is 2.38. The lowest BCUT2D eigenvalue weighted by molar-refractivity contribution is 0.0914. The topological polar surface area (TPSA) is 54.2 Å². The molecule has 0 spiro atoms. The first-order valence-electron chi connectivity index (χ1n) is 7.57. The second-order valence-corrected chi connectivity index (χ2v) is 5.99. The number of nitrogens with zero attached hydrogens (tertiary/aromatic N) is 4. The zero-order valence-corrected chi connectivity index (χ0v) is 11.7. The van der Waals surface area contributed by atoms with Crippen LogP contribution in [0, 0.1) is 0 Å². The van der Waals surface area contributed by atoms with Crippen LogP contribution in [0.3, 0.4) is 0 Å². The van der Waals surface area contributed by atoms with Crippen molar-refractivity contribution in [2.24, 2.45) is 0 Å². The molecule has 5 heteroatoms. The average molecular weight is 264 g/mol. The Morgan fingerprint density at radius 3 is 3.00 bits per heavy atom. The van der Waals surface area contributed by atoms with Crippen LogP contribution in [0.2, 0.25) is 0 Å². The Bertz CT molecular complexity index is 415. The SMILES string of the molecule is CCC(O)CN1CCCC(c2nncn2C2CC2)C1. The molecule has 2 aliphatic rings. The number of β-amino-alcohol motifs (C(OH)–C–C–N with tert-alkyl or cyclic N) is 1. The highest BCUT2D eigenvalue weighted by Gasteiger charge is 2.31. The van der Waals surface area contributed by atoms with E-state index in [1.807, 2.05) is 13.3 Å². The summed E-state index contributed by atoms with van der Waals surface area (Å²) in [6.07, 6.45) is 7.47. The number of hydrogen-bond acceptors (Lipinski definition) is 4. The number of aromatic nitrogens is 3. The molecule has 2 fully saturated rings. The van der Waals surface area contributed by atoms with E-state index >= 15 is 0 Å². The van der Waals surface area contributed by atoms with Gasteiger partial charge in [0.05, 0.1) is 6.10 Å². The Morgan fingerprint density at radius 1 is 1.42 bits per heavy atom. The number of hydrogen-bond donors (Lipinski definition) is 1. The van der Waals surface area contributed by atoms with Crippen LogP contribution in [-0.4, -0.2) is 50.5 Å². The summed E-state index contributed by atoms with van der Waals surface area (Å²) in [7, 11) is 0. The van der Waals surface area contributed by atoms with E-state index in [2.05, 4.69) is 19.7 Å². The fourth-order valence-electron chi connectivity index (χ4n) is 3.04. The van der Waals surface area contributed by atoms with Gasteiger partial charge in [-0.25, -0.2) is 0 Å².